The fourth-order valence-corrected chi connectivity index (χ4v) is 17.0. The smallest absolute Gasteiger partial charge is 0.323 e. The normalized spacial score (nSPS) is 15.0. The molecule has 0 radical (unpaired) electrons. The minimum Gasteiger partial charge on any atom is -0.480 e. The average molecular weight is 1210 g/mol. The molecule has 0 fully saturated rings. The molecule has 9 aromatic rings. The number of aromatic nitrogens is 3. The van der Waals surface area contributed by atoms with Crippen molar-refractivity contribution >= 4 is 85.9 Å². The number of sulfone groups is 3. The Bertz CT molecular complexity index is 4670. The minimum absolute atomic E-state index is 0.0671. The number of ketones is 1. The van der Waals surface area contributed by atoms with Gasteiger partial charge < -0.3 is 29.0 Å². The molecular formula is C64H61F2N3O13S3. The van der Waals surface area contributed by atoms with E-state index in [1.54, 1.807) is 57.0 Å². The Hall–Kier alpha value is -8.27. The van der Waals surface area contributed by atoms with Gasteiger partial charge in [-0.25, -0.2) is 34.0 Å². The van der Waals surface area contributed by atoms with Crippen LogP contribution >= 0.6 is 0 Å². The summed E-state index contributed by atoms with van der Waals surface area (Å²) in [5.74, 6) is -3.12. The van der Waals surface area contributed by atoms with E-state index >= 15 is 0 Å². The van der Waals surface area contributed by atoms with Crippen molar-refractivity contribution in [3.8, 4) is 0 Å². The fraction of sp³-hybridized carbons (Fsp3) is 0.281. The van der Waals surface area contributed by atoms with Gasteiger partial charge in [-0.15, -0.1) is 0 Å². The number of carbonyl (C=O) groups excluding carboxylic acids is 1. The van der Waals surface area contributed by atoms with Crippen LogP contribution in [0.15, 0.2) is 118 Å². The maximum Gasteiger partial charge on any atom is 0.323 e. The van der Waals surface area contributed by atoms with Crippen molar-refractivity contribution in [2.75, 3.05) is 17.3 Å². The van der Waals surface area contributed by atoms with Crippen molar-refractivity contribution in [3.05, 3.63) is 193 Å². The number of aliphatic carboxylic acids is 3. The first-order valence-electron chi connectivity index (χ1n) is 27.4. The van der Waals surface area contributed by atoms with E-state index in [1.165, 1.54) is 24.3 Å². The van der Waals surface area contributed by atoms with Gasteiger partial charge in [0.1, 0.15) is 37.1 Å². The van der Waals surface area contributed by atoms with Crippen LogP contribution in [-0.4, -0.2) is 95.2 Å². The largest absolute Gasteiger partial charge is 0.480 e. The van der Waals surface area contributed by atoms with Crippen molar-refractivity contribution in [3.63, 3.8) is 0 Å². The molecule has 21 heteroatoms. The maximum absolute atomic E-state index is 13.9. The molecule has 85 heavy (non-hydrogen) atoms. The number of Topliss-reactive ketones (excluding diaryl/α,β-unsaturated/α-hetero) is 1. The molecule has 3 N–H and O–H groups in total. The monoisotopic (exact) mass is 1210 g/mol. The third-order valence-corrected chi connectivity index (χ3v) is 21.9. The number of halogens is 2. The lowest BCUT2D eigenvalue weighted by molar-refractivity contribution is -0.138. The standard InChI is InChI=1S/C23H23NO5S.C21H20FNO4S.C20H18FNO4S/c1-14(25)9-16-3-5-21-20(12-16)19(15(2)24(21)13-23(26)27)11-17-4-6-22-18(10-17)7-8-30(22,28)29;1-12-7-20-14(5-6-28(20,26)27)8-15(12)9-17-13(2)23(11-21(24)25)19-4-3-16(22)10-18(17)19;1-12-16(9-13-2-5-19-14(8-13)6-7-27(19,25)26)17-10-15(21)3-4-18(17)22(12)11-20(23)24/h3-6,10,12H,7-9,11,13H2,1-2H3,(H,26,27);3-4,7-8,10H,5-6,9,11H2,1-2H3,(H,24,25);2-5,8,10H,6-7,9,11H2,1H3,(H,23,24). The Labute approximate surface area is 489 Å². The van der Waals surface area contributed by atoms with Gasteiger partial charge in [0.25, 0.3) is 0 Å². The highest BCUT2D eigenvalue weighted by molar-refractivity contribution is 7.92. The van der Waals surface area contributed by atoms with Crippen LogP contribution in [0.25, 0.3) is 32.7 Å². The van der Waals surface area contributed by atoms with E-state index < -0.39 is 47.4 Å². The van der Waals surface area contributed by atoms with Gasteiger partial charge in [0, 0.05) is 62.6 Å². The average Bonchev–Trinajstić information content (AvgIpc) is 2.36. The second kappa shape index (κ2) is 23.0. The molecule has 0 bridgehead atoms. The summed E-state index contributed by atoms with van der Waals surface area (Å²) in [6, 6.07) is 28.8. The van der Waals surface area contributed by atoms with Gasteiger partial charge in [0.05, 0.1) is 31.9 Å². The molecule has 0 unspecified atom stereocenters. The quantitative estimate of drug-likeness (QED) is 0.0919. The summed E-state index contributed by atoms with van der Waals surface area (Å²) in [6.45, 7) is 8.45. The first-order chi connectivity index (χ1) is 40.1. The Balaban J connectivity index is 0.000000142. The number of benzene rings is 6. The fourth-order valence-electron chi connectivity index (χ4n) is 12.3. The van der Waals surface area contributed by atoms with E-state index in [-0.39, 0.29) is 54.3 Å². The van der Waals surface area contributed by atoms with Crippen molar-refractivity contribution in [1.29, 1.82) is 0 Å². The lowest BCUT2D eigenvalue weighted by atomic mass is 9.96. The van der Waals surface area contributed by atoms with E-state index in [2.05, 4.69) is 0 Å². The second-order valence-corrected chi connectivity index (χ2v) is 28.4. The van der Waals surface area contributed by atoms with Crippen LogP contribution in [0, 0.1) is 39.3 Å². The number of carboxylic acids is 3. The molecule has 12 rings (SSSR count). The van der Waals surface area contributed by atoms with Crippen molar-refractivity contribution in [2.24, 2.45) is 0 Å². The number of carbonyl (C=O) groups is 4. The van der Waals surface area contributed by atoms with E-state index in [9.17, 15) is 68.5 Å². The Morgan fingerprint density at radius 3 is 1.22 bits per heavy atom. The second-order valence-electron chi connectivity index (χ2n) is 22.2. The first-order valence-corrected chi connectivity index (χ1v) is 32.4. The molecule has 0 aliphatic carbocycles. The predicted molar refractivity (Wildman–Crippen MR) is 317 cm³/mol. The van der Waals surface area contributed by atoms with E-state index in [0.717, 1.165) is 89.2 Å². The Morgan fingerprint density at radius 1 is 0.447 bits per heavy atom. The molecule has 6 heterocycles. The molecule has 0 spiro atoms. The molecule has 3 aromatic heterocycles. The van der Waals surface area contributed by atoms with Gasteiger partial charge in [-0.1, -0.05) is 36.4 Å². The lowest BCUT2D eigenvalue weighted by Gasteiger charge is -2.10. The van der Waals surface area contributed by atoms with E-state index in [4.69, 9.17) is 0 Å². The van der Waals surface area contributed by atoms with Crippen LogP contribution < -0.4 is 0 Å². The third kappa shape index (κ3) is 12.1. The van der Waals surface area contributed by atoms with Crippen LogP contribution in [0.5, 0.6) is 0 Å². The summed E-state index contributed by atoms with van der Waals surface area (Å²) in [5, 5.41) is 30.1. The number of fused-ring (bicyclic) bond motifs is 6. The molecule has 442 valence electrons. The molecule has 3 aliphatic rings. The van der Waals surface area contributed by atoms with Crippen LogP contribution in [0.4, 0.5) is 8.78 Å². The van der Waals surface area contributed by atoms with Crippen LogP contribution in [0.1, 0.15) is 85.2 Å². The Kier molecular flexibility index (Phi) is 16.2. The number of nitrogens with zero attached hydrogens (tertiary/aromatic N) is 3. The zero-order valence-corrected chi connectivity index (χ0v) is 49.7. The molecule has 0 saturated heterocycles. The number of hydrogen-bond acceptors (Lipinski definition) is 10. The highest BCUT2D eigenvalue weighted by atomic mass is 32.2. The zero-order chi connectivity index (χ0) is 61.2. The summed E-state index contributed by atoms with van der Waals surface area (Å²) in [7, 11) is -9.53. The summed E-state index contributed by atoms with van der Waals surface area (Å²) in [4.78, 5) is 46.7. The van der Waals surface area contributed by atoms with Crippen molar-refractivity contribution in [1.82, 2.24) is 13.7 Å². The maximum atomic E-state index is 13.9. The topological polar surface area (TPSA) is 246 Å². The first kappa shape index (κ1) is 59.9. The summed E-state index contributed by atoms with van der Waals surface area (Å²) in [6.07, 6.45) is 3.37. The number of carboxylic acid groups (broad SMARTS) is 3. The highest BCUT2D eigenvalue weighted by Gasteiger charge is 2.30. The van der Waals surface area contributed by atoms with Gasteiger partial charge >= 0.3 is 17.9 Å². The number of aryl methyl sites for hydroxylation is 4. The summed E-state index contributed by atoms with van der Waals surface area (Å²) in [5.41, 5.74) is 14.4. The molecule has 3 aliphatic heterocycles. The van der Waals surface area contributed by atoms with E-state index in [0.29, 0.717) is 81.4 Å². The van der Waals surface area contributed by atoms with Crippen molar-refractivity contribution < 1.29 is 68.5 Å². The van der Waals surface area contributed by atoms with Gasteiger partial charge in [-0.2, -0.15) is 0 Å². The molecule has 0 saturated carbocycles. The highest BCUT2D eigenvalue weighted by Crippen LogP contribution is 2.36. The zero-order valence-electron chi connectivity index (χ0n) is 47.3. The van der Waals surface area contributed by atoms with E-state index in [1.807, 2.05) is 70.2 Å². The van der Waals surface area contributed by atoms with Gasteiger partial charge in [-0.05, 0) is 195 Å². The molecule has 6 aromatic carbocycles. The van der Waals surface area contributed by atoms with Gasteiger partial charge in [0.2, 0.25) is 0 Å². The van der Waals surface area contributed by atoms with Crippen LogP contribution in [0.3, 0.4) is 0 Å². The number of hydrogen-bond donors (Lipinski definition) is 3. The van der Waals surface area contributed by atoms with Crippen LogP contribution in [0.2, 0.25) is 0 Å². The lowest BCUT2D eigenvalue weighted by Crippen LogP contribution is -2.10. The predicted octanol–water partition coefficient (Wildman–Crippen LogP) is 9.58. The third-order valence-electron chi connectivity index (χ3n) is 16.5. The SMILES string of the molecule is CC(=O)Cc1ccc2c(c1)c(Cc1ccc3c(c1)CCS3(=O)=O)c(C)n2CC(=O)O.Cc1c(Cc2ccc3c(c2)CCS3(=O)=O)c2cc(F)ccc2n1CC(=O)O.Cc1cc2c(cc1Cc1c(C)n(CC(=O)O)c3ccc(F)cc13)CCS2(=O)=O. The van der Waals surface area contributed by atoms with Crippen molar-refractivity contribution in [2.45, 2.75) is 114 Å². The molecule has 16 nitrogen and oxygen atoms in total. The van der Waals surface area contributed by atoms with Gasteiger partial charge in [0.15, 0.2) is 29.5 Å². The molecule has 0 atom stereocenters. The minimum atomic E-state index is -3.19. The molecule has 0 amide bonds. The van der Waals surface area contributed by atoms with Crippen LogP contribution in [-0.2, 0) is 113 Å². The summed E-state index contributed by atoms with van der Waals surface area (Å²) >= 11 is 0. The molecular weight excluding hydrogens is 1150 g/mol. The summed E-state index contributed by atoms with van der Waals surface area (Å²) < 4.78 is 105. The number of rotatable bonds is 14. The Morgan fingerprint density at radius 2 is 0.812 bits per heavy atom. The van der Waals surface area contributed by atoms with Gasteiger partial charge in [-0.3, -0.25) is 19.2 Å².